The summed E-state index contributed by atoms with van der Waals surface area (Å²) in [6, 6.07) is 7.31. The van der Waals surface area contributed by atoms with Crippen LogP contribution in [0.25, 0.3) is 0 Å². The molecule has 1 aromatic rings. The number of rotatable bonds is 4. The first kappa shape index (κ1) is 10.3. The van der Waals surface area contributed by atoms with Gasteiger partial charge in [-0.05, 0) is 17.7 Å². The normalized spacial score (nSPS) is 9.43. The lowest BCUT2D eigenvalue weighted by atomic mass is 10.1. The van der Waals surface area contributed by atoms with Crippen molar-refractivity contribution in [3.8, 4) is 0 Å². The van der Waals surface area contributed by atoms with E-state index in [1.54, 1.807) is 18.2 Å². The molecule has 3 heteroatoms. The molecule has 0 aliphatic rings. The van der Waals surface area contributed by atoms with Crippen molar-refractivity contribution < 1.29 is 4.79 Å². The van der Waals surface area contributed by atoms with Crippen LogP contribution in [-0.2, 0) is 11.2 Å². The van der Waals surface area contributed by atoms with Gasteiger partial charge in [-0.3, -0.25) is 4.79 Å². The molecule has 0 saturated heterocycles. The molecule has 0 heterocycles. The molecule has 0 aliphatic carbocycles. The van der Waals surface area contributed by atoms with E-state index >= 15 is 0 Å². The number of nitrogens with one attached hydrogen (secondary N) is 1. The molecule has 0 bridgehead atoms. The summed E-state index contributed by atoms with van der Waals surface area (Å²) in [5.41, 5.74) is 7.19. The van der Waals surface area contributed by atoms with E-state index in [1.165, 1.54) is 0 Å². The number of hydrogen-bond acceptors (Lipinski definition) is 2. The van der Waals surface area contributed by atoms with Crippen molar-refractivity contribution in [1.29, 1.82) is 0 Å². The minimum Gasteiger partial charge on any atom is -0.399 e. The Bertz CT molecular complexity index is 334. The molecule has 0 aliphatic heterocycles. The molecular formula is C11H14N2O. The van der Waals surface area contributed by atoms with Crippen LogP contribution in [0.1, 0.15) is 5.56 Å². The third-order valence-corrected chi connectivity index (χ3v) is 1.76. The average Bonchev–Trinajstić information content (AvgIpc) is 2.15. The van der Waals surface area contributed by atoms with Gasteiger partial charge < -0.3 is 11.1 Å². The second-order valence-electron chi connectivity index (χ2n) is 3.01. The van der Waals surface area contributed by atoms with Crippen LogP contribution >= 0.6 is 0 Å². The summed E-state index contributed by atoms with van der Waals surface area (Å²) in [5.74, 6) is -0.0181. The summed E-state index contributed by atoms with van der Waals surface area (Å²) in [5, 5.41) is 2.70. The Hall–Kier alpha value is -1.77. The van der Waals surface area contributed by atoms with Crippen LogP contribution < -0.4 is 11.1 Å². The first-order valence-electron chi connectivity index (χ1n) is 4.44. The Morgan fingerprint density at radius 1 is 1.57 bits per heavy atom. The second-order valence-corrected chi connectivity index (χ2v) is 3.01. The van der Waals surface area contributed by atoms with E-state index < -0.39 is 0 Å². The zero-order chi connectivity index (χ0) is 10.4. The first-order chi connectivity index (χ1) is 6.72. The van der Waals surface area contributed by atoms with Crippen LogP contribution in [0.15, 0.2) is 36.9 Å². The fraction of sp³-hybridized carbons (Fsp3) is 0.182. The fourth-order valence-corrected chi connectivity index (χ4v) is 1.14. The zero-order valence-corrected chi connectivity index (χ0v) is 7.99. The number of anilines is 1. The summed E-state index contributed by atoms with van der Waals surface area (Å²) >= 11 is 0. The van der Waals surface area contributed by atoms with Crippen LogP contribution in [0.5, 0.6) is 0 Å². The Balaban J connectivity index is 2.51. The zero-order valence-electron chi connectivity index (χ0n) is 7.99. The van der Waals surface area contributed by atoms with E-state index in [0.717, 1.165) is 5.56 Å². The number of benzene rings is 1. The second kappa shape index (κ2) is 5.07. The summed E-state index contributed by atoms with van der Waals surface area (Å²) in [4.78, 5) is 11.3. The smallest absolute Gasteiger partial charge is 0.224 e. The van der Waals surface area contributed by atoms with Gasteiger partial charge in [0.2, 0.25) is 5.91 Å². The molecule has 0 radical (unpaired) electrons. The summed E-state index contributed by atoms with van der Waals surface area (Å²) in [7, 11) is 0. The highest BCUT2D eigenvalue weighted by Crippen LogP contribution is 2.06. The Labute approximate surface area is 83.6 Å². The molecule has 0 atom stereocenters. The van der Waals surface area contributed by atoms with Crippen LogP contribution in [-0.4, -0.2) is 12.5 Å². The molecule has 1 amide bonds. The van der Waals surface area contributed by atoms with Crippen molar-refractivity contribution in [1.82, 2.24) is 5.32 Å². The van der Waals surface area contributed by atoms with Gasteiger partial charge >= 0.3 is 0 Å². The summed E-state index contributed by atoms with van der Waals surface area (Å²) in [6.45, 7) is 4.02. The van der Waals surface area contributed by atoms with E-state index in [-0.39, 0.29) is 5.91 Å². The third-order valence-electron chi connectivity index (χ3n) is 1.76. The molecule has 0 unspecified atom stereocenters. The number of carbonyl (C=O) groups excluding carboxylic acids is 1. The third kappa shape index (κ3) is 3.31. The van der Waals surface area contributed by atoms with Crippen molar-refractivity contribution in [2.45, 2.75) is 6.42 Å². The van der Waals surface area contributed by atoms with Crippen molar-refractivity contribution in [2.75, 3.05) is 12.3 Å². The first-order valence-corrected chi connectivity index (χ1v) is 4.44. The maximum Gasteiger partial charge on any atom is 0.224 e. The van der Waals surface area contributed by atoms with Gasteiger partial charge in [-0.25, -0.2) is 0 Å². The van der Waals surface area contributed by atoms with E-state index in [1.807, 2.05) is 12.1 Å². The Morgan fingerprint density at radius 3 is 3.00 bits per heavy atom. The van der Waals surface area contributed by atoms with E-state index in [2.05, 4.69) is 11.9 Å². The SMILES string of the molecule is C=CCNC(=O)Cc1cccc(N)c1. The monoisotopic (exact) mass is 190 g/mol. The van der Waals surface area contributed by atoms with Gasteiger partial charge in [-0.2, -0.15) is 0 Å². The van der Waals surface area contributed by atoms with Crippen LogP contribution in [0.4, 0.5) is 5.69 Å². The van der Waals surface area contributed by atoms with Crippen LogP contribution in [0, 0.1) is 0 Å². The highest BCUT2D eigenvalue weighted by Gasteiger charge is 2.01. The van der Waals surface area contributed by atoms with Crippen molar-refractivity contribution >= 4 is 11.6 Å². The van der Waals surface area contributed by atoms with Gasteiger partial charge in [0, 0.05) is 12.2 Å². The molecule has 3 N–H and O–H groups in total. The van der Waals surface area contributed by atoms with E-state index in [0.29, 0.717) is 18.7 Å². The number of hydrogen-bond donors (Lipinski definition) is 2. The fourth-order valence-electron chi connectivity index (χ4n) is 1.14. The predicted octanol–water partition coefficient (Wildman–Crippen LogP) is 1.11. The molecule has 0 aromatic heterocycles. The maximum atomic E-state index is 11.3. The molecule has 1 aromatic carbocycles. The molecule has 0 fully saturated rings. The van der Waals surface area contributed by atoms with Gasteiger partial charge in [0.15, 0.2) is 0 Å². The van der Waals surface area contributed by atoms with Gasteiger partial charge in [0.1, 0.15) is 0 Å². The van der Waals surface area contributed by atoms with Crippen LogP contribution in [0.3, 0.4) is 0 Å². The average molecular weight is 190 g/mol. The molecule has 3 nitrogen and oxygen atoms in total. The van der Waals surface area contributed by atoms with Gasteiger partial charge in [-0.1, -0.05) is 18.2 Å². The standard InChI is InChI=1S/C11H14N2O/c1-2-6-13-11(14)8-9-4-3-5-10(12)7-9/h2-5,7H,1,6,8,12H2,(H,13,14). The van der Waals surface area contributed by atoms with Crippen molar-refractivity contribution in [3.63, 3.8) is 0 Å². The van der Waals surface area contributed by atoms with Gasteiger partial charge in [-0.15, -0.1) is 6.58 Å². The van der Waals surface area contributed by atoms with Crippen LogP contribution in [0.2, 0.25) is 0 Å². The summed E-state index contributed by atoms with van der Waals surface area (Å²) < 4.78 is 0. The quantitative estimate of drug-likeness (QED) is 0.552. The summed E-state index contributed by atoms with van der Waals surface area (Å²) in [6.07, 6.45) is 2.01. The molecular weight excluding hydrogens is 176 g/mol. The van der Waals surface area contributed by atoms with Gasteiger partial charge in [0.05, 0.1) is 6.42 Å². The van der Waals surface area contributed by atoms with Crippen molar-refractivity contribution in [2.24, 2.45) is 0 Å². The number of nitrogens with two attached hydrogens (primary N) is 1. The minimum atomic E-state index is -0.0181. The Kier molecular flexibility index (Phi) is 3.73. The largest absolute Gasteiger partial charge is 0.399 e. The topological polar surface area (TPSA) is 55.1 Å². The van der Waals surface area contributed by atoms with E-state index in [4.69, 9.17) is 5.73 Å². The minimum absolute atomic E-state index is 0.0181. The molecule has 0 spiro atoms. The highest BCUT2D eigenvalue weighted by molar-refractivity contribution is 5.78. The molecule has 0 saturated carbocycles. The predicted molar refractivity (Wildman–Crippen MR) is 57.8 cm³/mol. The number of nitrogen functional groups attached to an aromatic ring is 1. The molecule has 74 valence electrons. The number of carbonyl (C=O) groups is 1. The van der Waals surface area contributed by atoms with E-state index in [9.17, 15) is 4.79 Å². The maximum absolute atomic E-state index is 11.3. The van der Waals surface area contributed by atoms with Crippen molar-refractivity contribution in [3.05, 3.63) is 42.5 Å². The van der Waals surface area contributed by atoms with Gasteiger partial charge in [0.25, 0.3) is 0 Å². The molecule has 1 rings (SSSR count). The lowest BCUT2D eigenvalue weighted by Crippen LogP contribution is -2.24. The Morgan fingerprint density at radius 2 is 2.36 bits per heavy atom. The number of amides is 1. The lowest BCUT2D eigenvalue weighted by Gasteiger charge is -2.02. The lowest BCUT2D eigenvalue weighted by molar-refractivity contribution is -0.120. The molecule has 14 heavy (non-hydrogen) atoms. The highest BCUT2D eigenvalue weighted by atomic mass is 16.1.